The van der Waals surface area contributed by atoms with E-state index < -0.39 is 0 Å². The lowest BCUT2D eigenvalue weighted by atomic mass is 10.1. The van der Waals surface area contributed by atoms with Crippen molar-refractivity contribution in [1.82, 2.24) is 0 Å². The first-order valence-corrected chi connectivity index (χ1v) is 4.17. The quantitative estimate of drug-likeness (QED) is 0.406. The molecule has 1 amide bonds. The minimum atomic E-state index is -0.259. The first-order valence-electron chi connectivity index (χ1n) is 2.85. The Hall–Kier alpha value is -0.0500. The molecule has 0 bridgehead atoms. The molecular weight excluding hydrogens is 214 g/mol. The van der Waals surface area contributed by atoms with Gasteiger partial charge < -0.3 is 0 Å². The third-order valence-corrected chi connectivity index (χ3v) is 2.52. The molecule has 0 aliphatic heterocycles. The van der Waals surface area contributed by atoms with Crippen LogP contribution in [-0.4, -0.2) is 15.9 Å². The molecule has 0 rings (SSSR count). The lowest BCUT2D eigenvalue weighted by Gasteiger charge is -2.06. The third kappa shape index (κ3) is 3.20. The fourth-order valence-electron chi connectivity index (χ4n) is 0.392. The molecule has 56 valence electrons. The Morgan fingerprint density at radius 1 is 1.70 bits per heavy atom. The number of hydrogen-bond acceptors (Lipinski definition) is 2. The van der Waals surface area contributed by atoms with Gasteiger partial charge in [-0.1, -0.05) is 29.8 Å². The molecule has 0 aromatic heterocycles. The molecule has 4 heteroatoms. The van der Waals surface area contributed by atoms with E-state index in [9.17, 15) is 4.79 Å². The topological polar surface area (TPSA) is 29.4 Å². The zero-order valence-corrected chi connectivity index (χ0v) is 8.20. The zero-order valence-electron chi connectivity index (χ0n) is 5.80. The second kappa shape index (κ2) is 4.72. The number of nitrogens with zero attached hydrogens (tertiary/aromatic N) is 1. The zero-order chi connectivity index (χ0) is 8.15. The molecule has 0 spiro atoms. The number of carbonyl (C=O) groups excluding carboxylic acids is 1. The van der Waals surface area contributed by atoms with E-state index in [0.29, 0.717) is 0 Å². The Morgan fingerprint density at radius 3 is 2.50 bits per heavy atom. The van der Waals surface area contributed by atoms with Gasteiger partial charge in [0, 0.05) is 0 Å². The van der Waals surface area contributed by atoms with Crippen molar-refractivity contribution < 1.29 is 4.79 Å². The molecule has 0 fully saturated rings. The Morgan fingerprint density at radius 2 is 2.20 bits per heavy atom. The fraction of sp³-hybridized carbons (Fsp3) is 0.667. The van der Waals surface area contributed by atoms with Gasteiger partial charge in [0.2, 0.25) is 0 Å². The highest BCUT2D eigenvalue weighted by Crippen LogP contribution is 2.12. The molecule has 0 saturated carbocycles. The van der Waals surface area contributed by atoms with E-state index in [1.165, 1.54) is 0 Å². The molecule has 1 atom stereocenters. The molecule has 0 aliphatic rings. The molecule has 2 nitrogen and oxygen atoms in total. The molecular formula is C6H8BrNOS. The van der Waals surface area contributed by atoms with Crippen LogP contribution < -0.4 is 0 Å². The van der Waals surface area contributed by atoms with Gasteiger partial charge in [0.1, 0.15) is 0 Å². The summed E-state index contributed by atoms with van der Waals surface area (Å²) < 4.78 is 0. The lowest BCUT2D eigenvalue weighted by molar-refractivity contribution is -0.117. The Labute approximate surface area is 73.8 Å². The van der Waals surface area contributed by atoms with Crippen molar-refractivity contribution in [3.63, 3.8) is 0 Å². The Bertz CT molecular complexity index is 175. The second-order valence-electron chi connectivity index (χ2n) is 2.19. The number of thiocarbonyl (C=S) groups is 1. The van der Waals surface area contributed by atoms with Crippen molar-refractivity contribution in [2.24, 2.45) is 10.9 Å². The first-order chi connectivity index (χ1) is 4.59. The van der Waals surface area contributed by atoms with Crippen LogP contribution in [0.25, 0.3) is 0 Å². The maximum atomic E-state index is 10.8. The minimum absolute atomic E-state index is 0.233. The SMILES string of the molecule is CC(C)[C@@H](Br)C(=O)N=C=S. The highest BCUT2D eigenvalue weighted by Gasteiger charge is 2.16. The summed E-state index contributed by atoms with van der Waals surface area (Å²) in [5.74, 6) is -0.0235. The molecule has 0 aromatic carbocycles. The van der Waals surface area contributed by atoms with Gasteiger partial charge in [0.05, 0.1) is 9.99 Å². The predicted molar refractivity (Wildman–Crippen MR) is 47.6 cm³/mol. The van der Waals surface area contributed by atoms with Gasteiger partial charge in [-0.3, -0.25) is 4.79 Å². The second-order valence-corrected chi connectivity index (χ2v) is 3.36. The van der Waals surface area contributed by atoms with Crippen LogP contribution in [0.15, 0.2) is 4.99 Å². The van der Waals surface area contributed by atoms with Gasteiger partial charge in [-0.25, -0.2) is 0 Å². The van der Waals surface area contributed by atoms with E-state index in [0.717, 1.165) is 0 Å². The smallest absolute Gasteiger partial charge is 0.268 e. The summed E-state index contributed by atoms with van der Waals surface area (Å²) in [5.41, 5.74) is 0. The average Bonchev–Trinajstić information content (AvgIpc) is 1.87. The van der Waals surface area contributed by atoms with Gasteiger partial charge in [-0.2, -0.15) is 4.99 Å². The van der Waals surface area contributed by atoms with Crippen LogP contribution in [0.1, 0.15) is 13.8 Å². The van der Waals surface area contributed by atoms with Gasteiger partial charge in [-0.15, -0.1) is 0 Å². The van der Waals surface area contributed by atoms with E-state index in [-0.39, 0.29) is 16.7 Å². The summed E-state index contributed by atoms with van der Waals surface area (Å²) in [4.78, 5) is 13.9. The molecule has 0 radical (unpaired) electrons. The number of halogens is 1. The molecule has 0 N–H and O–H groups in total. The van der Waals surface area contributed by atoms with E-state index >= 15 is 0 Å². The minimum Gasteiger partial charge on any atom is -0.271 e. The number of aliphatic imine (C=N–C) groups is 1. The normalized spacial score (nSPS) is 12.4. The van der Waals surface area contributed by atoms with E-state index in [1.807, 2.05) is 19.0 Å². The van der Waals surface area contributed by atoms with Crippen LogP contribution >= 0.6 is 28.1 Å². The maximum Gasteiger partial charge on any atom is 0.268 e. The van der Waals surface area contributed by atoms with E-state index in [4.69, 9.17) is 0 Å². The van der Waals surface area contributed by atoms with Crippen molar-refractivity contribution in [2.75, 3.05) is 0 Å². The molecule has 0 heterocycles. The monoisotopic (exact) mass is 221 g/mol. The van der Waals surface area contributed by atoms with Gasteiger partial charge in [0.15, 0.2) is 0 Å². The standard InChI is InChI=1S/C6H8BrNOS/c1-4(2)5(7)6(9)8-3-10/h4-5H,1-2H3/t5-/m1/s1. The summed E-state index contributed by atoms with van der Waals surface area (Å²) in [6.45, 7) is 3.85. The first kappa shape index (κ1) is 9.95. The van der Waals surface area contributed by atoms with Crippen LogP contribution in [0.5, 0.6) is 0 Å². The van der Waals surface area contributed by atoms with Crippen LogP contribution in [0.4, 0.5) is 0 Å². The van der Waals surface area contributed by atoms with Crippen molar-refractivity contribution in [3.8, 4) is 0 Å². The number of alkyl halides is 1. The molecule has 0 aromatic rings. The van der Waals surface area contributed by atoms with Crippen LogP contribution in [0.3, 0.4) is 0 Å². The number of carbonyl (C=O) groups is 1. The fourth-order valence-corrected chi connectivity index (χ4v) is 0.584. The van der Waals surface area contributed by atoms with E-state index in [2.05, 4.69) is 33.1 Å². The average molecular weight is 222 g/mol. The molecule has 10 heavy (non-hydrogen) atoms. The summed E-state index contributed by atoms with van der Waals surface area (Å²) in [6.07, 6.45) is 0. The highest BCUT2D eigenvalue weighted by atomic mass is 79.9. The predicted octanol–water partition coefficient (Wildman–Crippen LogP) is 2.04. The summed E-state index contributed by atoms with van der Waals surface area (Å²) >= 11 is 7.45. The lowest BCUT2D eigenvalue weighted by Crippen LogP contribution is -2.17. The molecule has 0 unspecified atom stereocenters. The molecule has 0 aliphatic carbocycles. The van der Waals surface area contributed by atoms with Crippen molar-refractivity contribution in [1.29, 1.82) is 0 Å². The van der Waals surface area contributed by atoms with Gasteiger partial charge in [0.25, 0.3) is 5.91 Å². The Balaban J connectivity index is 4.07. The number of hydrogen-bond donors (Lipinski definition) is 0. The van der Waals surface area contributed by atoms with Crippen LogP contribution in [0, 0.1) is 5.92 Å². The number of amides is 1. The molecule has 0 saturated heterocycles. The largest absolute Gasteiger partial charge is 0.271 e. The van der Waals surface area contributed by atoms with Crippen molar-refractivity contribution in [3.05, 3.63) is 0 Å². The number of rotatable bonds is 2. The highest BCUT2D eigenvalue weighted by molar-refractivity contribution is 9.10. The summed E-state index contributed by atoms with van der Waals surface area (Å²) in [7, 11) is 0. The maximum absolute atomic E-state index is 10.8. The van der Waals surface area contributed by atoms with Gasteiger partial charge >= 0.3 is 0 Å². The summed E-state index contributed by atoms with van der Waals surface area (Å²) in [6, 6.07) is 0. The Kier molecular flexibility index (Phi) is 4.69. The number of isothiocyanates is 1. The van der Waals surface area contributed by atoms with Crippen LogP contribution in [0.2, 0.25) is 0 Å². The van der Waals surface area contributed by atoms with Crippen molar-refractivity contribution in [2.45, 2.75) is 18.7 Å². The third-order valence-electron chi connectivity index (χ3n) is 0.977. The van der Waals surface area contributed by atoms with Gasteiger partial charge in [-0.05, 0) is 18.1 Å². The van der Waals surface area contributed by atoms with Crippen LogP contribution in [-0.2, 0) is 4.79 Å². The summed E-state index contributed by atoms with van der Waals surface area (Å²) in [5, 5.41) is 2.03. The van der Waals surface area contributed by atoms with Crippen molar-refractivity contribution >= 4 is 39.2 Å². The van der Waals surface area contributed by atoms with E-state index in [1.54, 1.807) is 0 Å².